The Bertz CT molecular complexity index is 669. The quantitative estimate of drug-likeness (QED) is 0.658. The summed E-state index contributed by atoms with van der Waals surface area (Å²) in [6.45, 7) is 1.83. The van der Waals surface area contributed by atoms with Crippen molar-refractivity contribution in [2.24, 2.45) is 5.73 Å². The Morgan fingerprint density at radius 3 is 2.70 bits per heavy atom. The van der Waals surface area contributed by atoms with Gasteiger partial charge in [0, 0.05) is 24.2 Å². The second-order valence-corrected chi connectivity index (χ2v) is 7.51. The van der Waals surface area contributed by atoms with E-state index < -0.39 is 10.0 Å². The van der Waals surface area contributed by atoms with Crippen molar-refractivity contribution in [3.63, 3.8) is 0 Å². The lowest BCUT2D eigenvalue weighted by molar-refractivity contribution is -0.116. The standard InChI is InChI=1S/C15H23N3O4S/c1-10(16)3-8-15(19)17-12-6-7-13(22-2)14(9-12)23(20,21)18-11-4-5-11/h6-7,9-11,18H,3-5,8,16H2,1-2H3,(H,17,19). The number of carbonyl (C=O) groups is 1. The zero-order valence-corrected chi connectivity index (χ0v) is 14.2. The third-order valence-electron chi connectivity index (χ3n) is 3.46. The molecule has 2 rings (SSSR count). The molecule has 0 aromatic heterocycles. The molecule has 1 unspecified atom stereocenters. The van der Waals surface area contributed by atoms with Gasteiger partial charge in [-0.05, 0) is 44.4 Å². The molecular formula is C15H23N3O4S. The van der Waals surface area contributed by atoms with E-state index >= 15 is 0 Å². The second-order valence-electron chi connectivity index (χ2n) is 5.83. The van der Waals surface area contributed by atoms with Gasteiger partial charge in [-0.2, -0.15) is 0 Å². The molecule has 0 heterocycles. The largest absolute Gasteiger partial charge is 0.495 e. The number of rotatable bonds is 8. The number of nitrogens with one attached hydrogen (secondary N) is 2. The fourth-order valence-electron chi connectivity index (χ4n) is 2.03. The summed E-state index contributed by atoms with van der Waals surface area (Å²) in [5.41, 5.74) is 6.03. The molecule has 4 N–H and O–H groups in total. The number of amides is 1. The molecule has 7 nitrogen and oxygen atoms in total. The third-order valence-corrected chi connectivity index (χ3v) is 5.00. The summed E-state index contributed by atoms with van der Waals surface area (Å²) < 4.78 is 32.5. The van der Waals surface area contributed by atoms with Crippen LogP contribution in [0.1, 0.15) is 32.6 Å². The molecule has 1 aromatic carbocycles. The van der Waals surface area contributed by atoms with Crippen LogP contribution in [0.25, 0.3) is 0 Å². The normalized spacial score (nSPS) is 16.0. The molecule has 1 aromatic rings. The lowest BCUT2D eigenvalue weighted by Gasteiger charge is -2.13. The summed E-state index contributed by atoms with van der Waals surface area (Å²) in [5, 5.41) is 2.69. The van der Waals surface area contributed by atoms with E-state index in [4.69, 9.17) is 10.5 Å². The van der Waals surface area contributed by atoms with E-state index in [1.807, 2.05) is 6.92 Å². The summed E-state index contributed by atoms with van der Waals surface area (Å²) in [7, 11) is -2.26. The van der Waals surface area contributed by atoms with Crippen LogP contribution >= 0.6 is 0 Å². The SMILES string of the molecule is COc1ccc(NC(=O)CCC(C)N)cc1S(=O)(=O)NC1CC1. The summed E-state index contributed by atoms with van der Waals surface area (Å²) >= 11 is 0. The molecule has 1 aliphatic carbocycles. The highest BCUT2D eigenvalue weighted by Crippen LogP contribution is 2.29. The molecule has 128 valence electrons. The predicted octanol–water partition coefficient (Wildman–Crippen LogP) is 1.20. The second kappa shape index (κ2) is 7.29. The topological polar surface area (TPSA) is 111 Å². The number of carbonyl (C=O) groups excluding carboxylic acids is 1. The first-order chi connectivity index (χ1) is 10.8. The highest BCUT2D eigenvalue weighted by Gasteiger charge is 2.30. The van der Waals surface area contributed by atoms with Crippen molar-refractivity contribution in [3.8, 4) is 5.75 Å². The van der Waals surface area contributed by atoms with Gasteiger partial charge < -0.3 is 15.8 Å². The van der Waals surface area contributed by atoms with Gasteiger partial charge in [-0.3, -0.25) is 4.79 Å². The first-order valence-corrected chi connectivity index (χ1v) is 9.06. The summed E-state index contributed by atoms with van der Waals surface area (Å²) in [4.78, 5) is 11.9. The Hall–Kier alpha value is -1.64. The van der Waals surface area contributed by atoms with E-state index in [0.717, 1.165) is 12.8 Å². The van der Waals surface area contributed by atoms with Crippen LogP contribution in [-0.2, 0) is 14.8 Å². The molecule has 0 radical (unpaired) electrons. The highest BCUT2D eigenvalue weighted by atomic mass is 32.2. The van der Waals surface area contributed by atoms with Gasteiger partial charge in [0.15, 0.2) is 0 Å². The maximum atomic E-state index is 12.4. The molecule has 23 heavy (non-hydrogen) atoms. The Labute approximate surface area is 136 Å². The number of ether oxygens (including phenoxy) is 1. The minimum atomic E-state index is -3.67. The molecule has 0 spiro atoms. The van der Waals surface area contributed by atoms with Crippen molar-refractivity contribution in [3.05, 3.63) is 18.2 Å². The maximum absolute atomic E-state index is 12.4. The monoisotopic (exact) mass is 341 g/mol. The summed E-state index contributed by atoms with van der Waals surface area (Å²) in [6, 6.07) is 4.48. The summed E-state index contributed by atoms with van der Waals surface area (Å²) in [5.74, 6) is 0.0395. The van der Waals surface area contributed by atoms with Gasteiger partial charge in [0.25, 0.3) is 0 Å². The lowest BCUT2D eigenvalue weighted by Crippen LogP contribution is -2.26. The van der Waals surface area contributed by atoms with Crippen LogP contribution in [-0.4, -0.2) is 33.5 Å². The number of benzene rings is 1. The van der Waals surface area contributed by atoms with E-state index in [2.05, 4.69) is 10.0 Å². The average Bonchev–Trinajstić information content (AvgIpc) is 3.28. The number of sulfonamides is 1. The van der Waals surface area contributed by atoms with E-state index in [-0.39, 0.29) is 35.1 Å². The molecular weight excluding hydrogens is 318 g/mol. The van der Waals surface area contributed by atoms with Gasteiger partial charge in [-0.1, -0.05) is 0 Å². The predicted molar refractivity (Wildman–Crippen MR) is 87.9 cm³/mol. The zero-order chi connectivity index (χ0) is 17.0. The van der Waals surface area contributed by atoms with E-state index in [0.29, 0.717) is 12.1 Å². The molecule has 1 saturated carbocycles. The van der Waals surface area contributed by atoms with Gasteiger partial charge in [0.2, 0.25) is 15.9 Å². The van der Waals surface area contributed by atoms with Gasteiger partial charge in [0.05, 0.1) is 7.11 Å². The Kier molecular flexibility index (Phi) is 5.61. The summed E-state index contributed by atoms with van der Waals surface area (Å²) in [6.07, 6.45) is 2.53. The van der Waals surface area contributed by atoms with Crippen LogP contribution < -0.4 is 20.5 Å². The molecule has 1 atom stereocenters. The van der Waals surface area contributed by atoms with Gasteiger partial charge >= 0.3 is 0 Å². The molecule has 0 bridgehead atoms. The Morgan fingerprint density at radius 2 is 2.13 bits per heavy atom. The molecule has 1 aliphatic rings. The first-order valence-electron chi connectivity index (χ1n) is 7.57. The van der Waals surface area contributed by atoms with Gasteiger partial charge in [-0.15, -0.1) is 0 Å². The van der Waals surface area contributed by atoms with Crippen LogP contribution in [0.4, 0.5) is 5.69 Å². The van der Waals surface area contributed by atoms with E-state index in [1.165, 1.54) is 19.2 Å². The smallest absolute Gasteiger partial charge is 0.244 e. The van der Waals surface area contributed by atoms with Crippen LogP contribution in [0.3, 0.4) is 0 Å². The first kappa shape index (κ1) is 17.7. The van der Waals surface area contributed by atoms with Crippen LogP contribution in [0.15, 0.2) is 23.1 Å². The molecule has 8 heteroatoms. The van der Waals surface area contributed by atoms with Gasteiger partial charge in [0.1, 0.15) is 10.6 Å². The van der Waals surface area contributed by atoms with Crippen LogP contribution in [0.5, 0.6) is 5.75 Å². The van der Waals surface area contributed by atoms with Crippen molar-refractivity contribution in [1.82, 2.24) is 4.72 Å². The van der Waals surface area contributed by atoms with Crippen molar-refractivity contribution in [1.29, 1.82) is 0 Å². The number of hydrogen-bond donors (Lipinski definition) is 3. The van der Waals surface area contributed by atoms with E-state index in [9.17, 15) is 13.2 Å². The highest BCUT2D eigenvalue weighted by molar-refractivity contribution is 7.89. The molecule has 1 amide bonds. The molecule has 0 aliphatic heterocycles. The number of nitrogens with two attached hydrogens (primary N) is 1. The van der Waals surface area contributed by atoms with Crippen molar-refractivity contribution in [2.75, 3.05) is 12.4 Å². The van der Waals surface area contributed by atoms with Crippen LogP contribution in [0.2, 0.25) is 0 Å². The van der Waals surface area contributed by atoms with E-state index in [1.54, 1.807) is 6.07 Å². The van der Waals surface area contributed by atoms with Crippen molar-refractivity contribution < 1.29 is 17.9 Å². The molecule has 1 fully saturated rings. The fourth-order valence-corrected chi connectivity index (χ4v) is 3.53. The van der Waals surface area contributed by atoms with Gasteiger partial charge in [-0.25, -0.2) is 13.1 Å². The maximum Gasteiger partial charge on any atom is 0.244 e. The fraction of sp³-hybridized carbons (Fsp3) is 0.533. The van der Waals surface area contributed by atoms with Crippen molar-refractivity contribution >= 4 is 21.6 Å². The minimum Gasteiger partial charge on any atom is -0.495 e. The Balaban J connectivity index is 2.16. The lowest BCUT2D eigenvalue weighted by atomic mass is 10.2. The molecule has 0 saturated heterocycles. The minimum absolute atomic E-state index is 0.00556. The zero-order valence-electron chi connectivity index (χ0n) is 13.3. The third kappa shape index (κ3) is 5.19. The Morgan fingerprint density at radius 1 is 1.43 bits per heavy atom. The van der Waals surface area contributed by atoms with Crippen LogP contribution in [0, 0.1) is 0 Å². The number of anilines is 1. The number of hydrogen-bond acceptors (Lipinski definition) is 5. The van der Waals surface area contributed by atoms with Crippen molar-refractivity contribution in [2.45, 2.75) is 49.6 Å². The number of methoxy groups -OCH3 is 1. The average molecular weight is 341 g/mol.